The van der Waals surface area contributed by atoms with Gasteiger partial charge in [-0.2, -0.15) is 13.2 Å². The van der Waals surface area contributed by atoms with Crippen molar-refractivity contribution in [2.24, 2.45) is 0 Å². The Morgan fingerprint density at radius 3 is 2.82 bits per heavy atom. The van der Waals surface area contributed by atoms with Crippen molar-refractivity contribution < 1.29 is 17.6 Å². The van der Waals surface area contributed by atoms with E-state index in [1.807, 2.05) is 0 Å². The topological polar surface area (TPSA) is 38.1 Å². The number of nitrogens with one attached hydrogen (secondary N) is 1. The van der Waals surface area contributed by atoms with Gasteiger partial charge in [-0.25, -0.2) is 4.98 Å². The minimum Gasteiger partial charge on any atom is -0.439 e. The number of nitrogens with zero attached hydrogens (tertiary/aromatic N) is 1. The molecular weight excluding hydrogens is 257 g/mol. The van der Waals surface area contributed by atoms with Crippen molar-refractivity contribution in [2.45, 2.75) is 12.7 Å². The highest BCUT2D eigenvalue weighted by Crippen LogP contribution is 2.20. The molecule has 2 rings (SSSR count). The third-order valence-corrected chi connectivity index (χ3v) is 2.23. The highest BCUT2D eigenvalue weighted by Gasteiger charge is 2.26. The normalized spacial score (nSPS) is 12.2. The number of hydrogen-bond acceptors (Lipinski definition) is 3. The summed E-state index contributed by atoms with van der Waals surface area (Å²) < 4.78 is 40.9. The maximum atomic E-state index is 11.9. The first-order valence-corrected chi connectivity index (χ1v) is 5.14. The molecule has 0 aliphatic carbocycles. The molecular formula is C10H8ClF3N2O. The molecule has 1 aromatic carbocycles. The Morgan fingerprint density at radius 2 is 2.12 bits per heavy atom. The Balaban J connectivity index is 2.05. The first-order valence-electron chi connectivity index (χ1n) is 4.76. The van der Waals surface area contributed by atoms with Gasteiger partial charge in [-0.05, 0) is 12.1 Å². The number of benzene rings is 1. The van der Waals surface area contributed by atoms with Crippen molar-refractivity contribution in [3.63, 3.8) is 0 Å². The van der Waals surface area contributed by atoms with E-state index < -0.39 is 12.7 Å². The largest absolute Gasteiger partial charge is 0.439 e. The molecule has 2 aromatic rings. The summed E-state index contributed by atoms with van der Waals surface area (Å²) in [5.41, 5.74) is 1.03. The van der Waals surface area contributed by atoms with E-state index in [1.165, 1.54) is 0 Å². The highest BCUT2D eigenvalue weighted by atomic mass is 35.5. The van der Waals surface area contributed by atoms with Gasteiger partial charge in [-0.1, -0.05) is 11.6 Å². The molecule has 1 N–H and O–H groups in total. The van der Waals surface area contributed by atoms with E-state index in [0.717, 1.165) is 0 Å². The summed E-state index contributed by atoms with van der Waals surface area (Å²) in [5, 5.41) is 2.69. The standard InChI is InChI=1S/C10H8ClF3N2O/c11-6-1-2-7-8(3-6)17-9(16-7)4-15-5-10(12,13)14/h1-3,15H,4-5H2. The average molecular weight is 265 g/mol. The van der Waals surface area contributed by atoms with Crippen LogP contribution in [0.3, 0.4) is 0 Å². The van der Waals surface area contributed by atoms with E-state index in [0.29, 0.717) is 16.1 Å². The van der Waals surface area contributed by atoms with E-state index in [-0.39, 0.29) is 12.4 Å². The highest BCUT2D eigenvalue weighted by molar-refractivity contribution is 6.31. The second-order valence-corrected chi connectivity index (χ2v) is 3.87. The van der Waals surface area contributed by atoms with Gasteiger partial charge in [-0.3, -0.25) is 0 Å². The first-order chi connectivity index (χ1) is 7.94. The smallest absolute Gasteiger partial charge is 0.401 e. The minimum absolute atomic E-state index is 0.0776. The number of oxazole rings is 1. The van der Waals surface area contributed by atoms with Crippen molar-refractivity contribution in [1.29, 1.82) is 0 Å². The Labute approximate surface area is 99.6 Å². The Morgan fingerprint density at radius 1 is 1.35 bits per heavy atom. The molecule has 0 fully saturated rings. The number of aromatic nitrogens is 1. The van der Waals surface area contributed by atoms with Gasteiger partial charge >= 0.3 is 6.18 Å². The van der Waals surface area contributed by atoms with Crippen LogP contribution in [0.2, 0.25) is 5.02 Å². The van der Waals surface area contributed by atoms with Crippen LogP contribution in [0.4, 0.5) is 13.2 Å². The lowest BCUT2D eigenvalue weighted by molar-refractivity contribution is -0.125. The summed E-state index contributed by atoms with van der Waals surface area (Å²) in [6.07, 6.45) is -4.24. The Hall–Kier alpha value is -1.27. The number of hydrogen-bond donors (Lipinski definition) is 1. The van der Waals surface area contributed by atoms with Crippen LogP contribution in [0, 0.1) is 0 Å². The molecule has 92 valence electrons. The predicted octanol–water partition coefficient (Wildman–Crippen LogP) is 3.13. The number of alkyl halides is 3. The molecule has 1 heterocycles. The van der Waals surface area contributed by atoms with Gasteiger partial charge in [0.1, 0.15) is 5.52 Å². The third kappa shape index (κ3) is 3.34. The first kappa shape index (κ1) is 12.2. The van der Waals surface area contributed by atoms with Crippen LogP contribution in [-0.2, 0) is 6.54 Å². The SMILES string of the molecule is FC(F)(F)CNCc1nc2ccc(Cl)cc2o1. The fraction of sp³-hybridized carbons (Fsp3) is 0.300. The maximum Gasteiger partial charge on any atom is 0.401 e. The van der Waals surface area contributed by atoms with Gasteiger partial charge in [-0.15, -0.1) is 0 Å². The van der Waals surface area contributed by atoms with Crippen molar-refractivity contribution in [3.8, 4) is 0 Å². The average Bonchev–Trinajstić information content (AvgIpc) is 2.57. The molecule has 0 spiro atoms. The second-order valence-electron chi connectivity index (χ2n) is 3.44. The summed E-state index contributed by atoms with van der Waals surface area (Å²) in [4.78, 5) is 4.02. The zero-order valence-corrected chi connectivity index (χ0v) is 9.27. The molecule has 0 radical (unpaired) electrons. The van der Waals surface area contributed by atoms with E-state index in [4.69, 9.17) is 16.0 Å². The molecule has 0 aliphatic heterocycles. The summed E-state index contributed by atoms with van der Waals surface area (Å²) in [7, 11) is 0. The van der Waals surface area contributed by atoms with Gasteiger partial charge in [0.15, 0.2) is 5.58 Å². The molecule has 0 aliphatic rings. The second kappa shape index (κ2) is 4.54. The zero-order valence-electron chi connectivity index (χ0n) is 8.51. The van der Waals surface area contributed by atoms with Gasteiger partial charge in [0.2, 0.25) is 5.89 Å². The van der Waals surface area contributed by atoms with Crippen LogP contribution >= 0.6 is 11.6 Å². The quantitative estimate of drug-likeness (QED) is 0.925. The van der Waals surface area contributed by atoms with E-state index in [9.17, 15) is 13.2 Å². The zero-order chi connectivity index (χ0) is 12.5. The van der Waals surface area contributed by atoms with Gasteiger partial charge in [0.05, 0.1) is 13.1 Å². The van der Waals surface area contributed by atoms with Crippen LogP contribution in [0.5, 0.6) is 0 Å². The molecule has 0 atom stereocenters. The lowest BCUT2D eigenvalue weighted by atomic mass is 10.3. The number of fused-ring (bicyclic) bond motifs is 1. The fourth-order valence-corrected chi connectivity index (χ4v) is 1.50. The van der Waals surface area contributed by atoms with Crippen molar-refractivity contribution in [1.82, 2.24) is 10.3 Å². The molecule has 1 aromatic heterocycles. The molecule has 7 heteroatoms. The van der Waals surface area contributed by atoms with Crippen molar-refractivity contribution in [2.75, 3.05) is 6.54 Å². The third-order valence-electron chi connectivity index (χ3n) is 2.00. The van der Waals surface area contributed by atoms with E-state index in [1.54, 1.807) is 18.2 Å². The van der Waals surface area contributed by atoms with Gasteiger partial charge in [0.25, 0.3) is 0 Å². The summed E-state index contributed by atoms with van der Waals surface area (Å²) in [6.45, 7) is -1.15. The predicted molar refractivity (Wildman–Crippen MR) is 56.8 cm³/mol. The molecule has 0 saturated heterocycles. The number of halogens is 4. The van der Waals surface area contributed by atoms with Crippen LogP contribution in [0.1, 0.15) is 5.89 Å². The lowest BCUT2D eigenvalue weighted by Crippen LogP contribution is -2.28. The van der Waals surface area contributed by atoms with Crippen LogP contribution in [-0.4, -0.2) is 17.7 Å². The molecule has 0 unspecified atom stereocenters. The van der Waals surface area contributed by atoms with E-state index in [2.05, 4.69) is 10.3 Å². The van der Waals surface area contributed by atoms with Crippen LogP contribution in [0.25, 0.3) is 11.1 Å². The van der Waals surface area contributed by atoms with E-state index >= 15 is 0 Å². The maximum absolute atomic E-state index is 11.9. The molecule has 0 amide bonds. The molecule has 17 heavy (non-hydrogen) atoms. The van der Waals surface area contributed by atoms with Gasteiger partial charge in [0, 0.05) is 11.1 Å². The molecule has 0 saturated carbocycles. The monoisotopic (exact) mass is 264 g/mol. The van der Waals surface area contributed by atoms with Crippen LogP contribution in [0.15, 0.2) is 22.6 Å². The molecule has 3 nitrogen and oxygen atoms in total. The lowest BCUT2D eigenvalue weighted by Gasteiger charge is -2.05. The van der Waals surface area contributed by atoms with Crippen molar-refractivity contribution >= 4 is 22.7 Å². The summed E-state index contributed by atoms with van der Waals surface area (Å²) in [5.74, 6) is 0.200. The molecule has 0 bridgehead atoms. The Kier molecular flexibility index (Phi) is 3.26. The summed E-state index contributed by atoms with van der Waals surface area (Å²) >= 11 is 5.74. The summed E-state index contributed by atoms with van der Waals surface area (Å²) in [6, 6.07) is 4.85. The van der Waals surface area contributed by atoms with Crippen LogP contribution < -0.4 is 5.32 Å². The van der Waals surface area contributed by atoms with Crippen molar-refractivity contribution in [3.05, 3.63) is 29.1 Å². The minimum atomic E-state index is -4.24. The Bertz CT molecular complexity index is 524. The number of rotatable bonds is 3. The fourth-order valence-electron chi connectivity index (χ4n) is 1.33. The van der Waals surface area contributed by atoms with Gasteiger partial charge < -0.3 is 9.73 Å².